The third-order valence-electron chi connectivity index (χ3n) is 4.84. The Morgan fingerprint density at radius 2 is 1.53 bits per heavy atom. The highest BCUT2D eigenvalue weighted by Gasteiger charge is 2.24. The minimum atomic E-state index is -0.752. The number of H-pyrrole nitrogens is 1. The van der Waals surface area contributed by atoms with Gasteiger partial charge < -0.3 is 25.1 Å². The van der Waals surface area contributed by atoms with Gasteiger partial charge in [-0.3, -0.25) is 9.59 Å². The first kappa shape index (κ1) is 24.6. The van der Waals surface area contributed by atoms with Crippen LogP contribution in [0.4, 0.5) is 5.69 Å². The summed E-state index contributed by atoms with van der Waals surface area (Å²) in [5, 5.41) is 5.20. The molecule has 1 heterocycles. The molecule has 0 atom stereocenters. The van der Waals surface area contributed by atoms with Crippen molar-refractivity contribution < 1.29 is 28.7 Å². The van der Waals surface area contributed by atoms with E-state index in [4.69, 9.17) is 9.47 Å². The molecule has 9 heteroatoms. The van der Waals surface area contributed by atoms with Crippen LogP contribution in [0.2, 0.25) is 0 Å². The number of hydrogen-bond donors (Lipinski definition) is 3. The van der Waals surface area contributed by atoms with Gasteiger partial charge >= 0.3 is 11.9 Å². The number of anilines is 1. The molecule has 0 spiro atoms. The van der Waals surface area contributed by atoms with E-state index in [0.717, 1.165) is 16.7 Å². The van der Waals surface area contributed by atoms with Crippen molar-refractivity contribution in [1.82, 2.24) is 10.3 Å². The summed E-state index contributed by atoms with van der Waals surface area (Å²) in [5.41, 5.74) is 4.80. The average molecular weight is 444 g/mol. The van der Waals surface area contributed by atoms with Gasteiger partial charge in [-0.05, 0) is 58.2 Å². The number of aryl methyl sites for hydroxylation is 4. The zero-order valence-corrected chi connectivity index (χ0v) is 19.2. The second-order valence-electron chi connectivity index (χ2n) is 7.52. The molecule has 1 aromatic carbocycles. The van der Waals surface area contributed by atoms with E-state index >= 15 is 0 Å². The number of benzene rings is 1. The molecule has 0 bridgehead atoms. The van der Waals surface area contributed by atoms with Gasteiger partial charge in [-0.15, -0.1) is 0 Å². The number of aromatic nitrogens is 1. The molecule has 172 valence electrons. The lowest BCUT2D eigenvalue weighted by Crippen LogP contribution is -2.35. The second kappa shape index (κ2) is 10.6. The lowest BCUT2D eigenvalue weighted by molar-refractivity contribution is -0.126. The molecule has 0 aliphatic rings. The smallest absolute Gasteiger partial charge is 0.355 e. The quantitative estimate of drug-likeness (QED) is 0.539. The molecule has 2 amide bonds. The molecule has 0 saturated carbocycles. The number of esters is 2. The van der Waals surface area contributed by atoms with Crippen LogP contribution in [0.5, 0.6) is 0 Å². The summed E-state index contributed by atoms with van der Waals surface area (Å²) >= 11 is 0. The SMILES string of the molecule is CCOC(=O)c1[nH]c(C)c(C(=O)OCC(=O)NCC(=O)Nc2c(C)cc(C)cc2C)c1C. The molecule has 1 aromatic heterocycles. The highest BCUT2D eigenvalue weighted by atomic mass is 16.5. The molecule has 0 fully saturated rings. The Kier molecular flexibility index (Phi) is 8.17. The minimum absolute atomic E-state index is 0.166. The predicted octanol–water partition coefficient (Wildman–Crippen LogP) is 2.65. The van der Waals surface area contributed by atoms with Gasteiger partial charge in [0.2, 0.25) is 5.91 Å². The first-order valence-electron chi connectivity index (χ1n) is 10.2. The third-order valence-corrected chi connectivity index (χ3v) is 4.84. The average Bonchev–Trinajstić information content (AvgIpc) is 3.01. The molecule has 0 saturated heterocycles. The molecular formula is C23H29N3O6. The van der Waals surface area contributed by atoms with Crippen LogP contribution in [-0.4, -0.2) is 48.5 Å². The molecule has 32 heavy (non-hydrogen) atoms. The number of hydrogen-bond acceptors (Lipinski definition) is 6. The maximum atomic E-state index is 12.4. The number of nitrogens with one attached hydrogen (secondary N) is 3. The van der Waals surface area contributed by atoms with Gasteiger partial charge in [0, 0.05) is 11.4 Å². The van der Waals surface area contributed by atoms with Gasteiger partial charge in [0.15, 0.2) is 6.61 Å². The molecule has 2 rings (SSSR count). The fourth-order valence-electron chi connectivity index (χ4n) is 3.46. The topological polar surface area (TPSA) is 127 Å². The van der Waals surface area contributed by atoms with Crippen molar-refractivity contribution in [3.05, 3.63) is 51.3 Å². The van der Waals surface area contributed by atoms with Gasteiger partial charge in [0.1, 0.15) is 5.69 Å². The van der Waals surface area contributed by atoms with Gasteiger partial charge in [0.25, 0.3) is 5.91 Å². The molecule has 0 unspecified atom stereocenters. The van der Waals surface area contributed by atoms with Crippen molar-refractivity contribution in [2.45, 2.75) is 41.5 Å². The Labute approximate surface area is 186 Å². The van der Waals surface area contributed by atoms with E-state index in [1.807, 2.05) is 32.9 Å². The van der Waals surface area contributed by atoms with Crippen LogP contribution in [0, 0.1) is 34.6 Å². The van der Waals surface area contributed by atoms with E-state index in [1.54, 1.807) is 20.8 Å². The van der Waals surface area contributed by atoms with Crippen molar-refractivity contribution in [2.24, 2.45) is 0 Å². The zero-order chi connectivity index (χ0) is 24.0. The number of amides is 2. The second-order valence-corrected chi connectivity index (χ2v) is 7.52. The van der Waals surface area contributed by atoms with Crippen molar-refractivity contribution >= 4 is 29.4 Å². The molecule has 0 radical (unpaired) electrons. The summed E-state index contributed by atoms with van der Waals surface area (Å²) in [6.07, 6.45) is 0. The van der Waals surface area contributed by atoms with Crippen LogP contribution < -0.4 is 10.6 Å². The maximum Gasteiger partial charge on any atom is 0.355 e. The van der Waals surface area contributed by atoms with Crippen LogP contribution in [0.3, 0.4) is 0 Å². The highest BCUT2D eigenvalue weighted by Crippen LogP contribution is 2.22. The monoisotopic (exact) mass is 443 g/mol. The van der Waals surface area contributed by atoms with Crippen LogP contribution in [0.15, 0.2) is 12.1 Å². The van der Waals surface area contributed by atoms with Gasteiger partial charge in [-0.25, -0.2) is 9.59 Å². The largest absolute Gasteiger partial charge is 0.461 e. The van der Waals surface area contributed by atoms with Gasteiger partial charge in [-0.2, -0.15) is 0 Å². The highest BCUT2D eigenvalue weighted by molar-refractivity contribution is 5.99. The van der Waals surface area contributed by atoms with Crippen LogP contribution >= 0.6 is 0 Å². The molecule has 0 aliphatic heterocycles. The number of rotatable bonds is 8. The molecule has 2 aromatic rings. The molecule has 9 nitrogen and oxygen atoms in total. The van der Waals surface area contributed by atoms with E-state index in [2.05, 4.69) is 15.6 Å². The van der Waals surface area contributed by atoms with Crippen molar-refractivity contribution in [3.8, 4) is 0 Å². The fourth-order valence-corrected chi connectivity index (χ4v) is 3.46. The first-order chi connectivity index (χ1) is 15.0. The summed E-state index contributed by atoms with van der Waals surface area (Å²) < 4.78 is 10.00. The number of carbonyl (C=O) groups excluding carboxylic acids is 4. The van der Waals surface area contributed by atoms with Gasteiger partial charge in [-0.1, -0.05) is 17.7 Å². The van der Waals surface area contributed by atoms with Crippen LogP contribution in [-0.2, 0) is 19.1 Å². The van der Waals surface area contributed by atoms with Crippen LogP contribution in [0.25, 0.3) is 0 Å². The van der Waals surface area contributed by atoms with Crippen LogP contribution in [0.1, 0.15) is 55.7 Å². The Morgan fingerprint density at radius 1 is 0.906 bits per heavy atom. The summed E-state index contributed by atoms with van der Waals surface area (Å²) in [6, 6.07) is 3.91. The first-order valence-corrected chi connectivity index (χ1v) is 10.2. The molecular weight excluding hydrogens is 414 g/mol. The normalized spacial score (nSPS) is 10.4. The third kappa shape index (κ3) is 5.96. The number of aromatic amines is 1. The predicted molar refractivity (Wildman–Crippen MR) is 119 cm³/mol. The Balaban J connectivity index is 1.89. The van der Waals surface area contributed by atoms with E-state index in [0.29, 0.717) is 16.9 Å². The van der Waals surface area contributed by atoms with E-state index in [9.17, 15) is 19.2 Å². The van der Waals surface area contributed by atoms with E-state index < -0.39 is 30.4 Å². The standard InChI is InChI=1S/C23H29N3O6/c1-7-31-23(30)21-15(5)19(16(6)25-21)22(29)32-11-18(28)24-10-17(27)26-20-13(3)8-12(2)9-14(20)4/h8-9,25H,7,10-11H2,1-6H3,(H,24,28)(H,26,27). The Bertz CT molecular complexity index is 1030. The van der Waals surface area contributed by atoms with Gasteiger partial charge in [0.05, 0.1) is 18.7 Å². The summed E-state index contributed by atoms with van der Waals surface area (Å²) in [7, 11) is 0. The number of ether oxygens (including phenoxy) is 2. The summed E-state index contributed by atoms with van der Waals surface area (Å²) in [4.78, 5) is 51.4. The maximum absolute atomic E-state index is 12.4. The summed E-state index contributed by atoms with van der Waals surface area (Å²) in [5.74, 6) is -2.34. The zero-order valence-electron chi connectivity index (χ0n) is 19.2. The molecule has 0 aliphatic carbocycles. The van der Waals surface area contributed by atoms with E-state index in [-0.39, 0.29) is 24.4 Å². The minimum Gasteiger partial charge on any atom is -0.461 e. The van der Waals surface area contributed by atoms with E-state index in [1.165, 1.54) is 0 Å². The lowest BCUT2D eigenvalue weighted by Gasteiger charge is -2.13. The Morgan fingerprint density at radius 3 is 2.12 bits per heavy atom. The fraction of sp³-hybridized carbons (Fsp3) is 0.391. The Hall–Kier alpha value is -3.62. The number of carbonyl (C=O) groups is 4. The van der Waals surface area contributed by atoms with Crippen molar-refractivity contribution in [1.29, 1.82) is 0 Å². The van der Waals surface area contributed by atoms with Crippen molar-refractivity contribution in [2.75, 3.05) is 25.1 Å². The lowest BCUT2D eigenvalue weighted by atomic mass is 10.1. The molecule has 3 N–H and O–H groups in total. The van der Waals surface area contributed by atoms with Crippen molar-refractivity contribution in [3.63, 3.8) is 0 Å². The summed E-state index contributed by atoms with van der Waals surface area (Å²) in [6.45, 7) is 10.0.